The quantitative estimate of drug-likeness (QED) is 0.527. The second-order valence-corrected chi connectivity index (χ2v) is 4.28. The minimum atomic E-state index is 0.670. The molecule has 1 rings (SSSR count). The van der Waals surface area contributed by atoms with E-state index in [0.29, 0.717) is 12.3 Å². The first-order valence-electron chi connectivity index (χ1n) is 3.98. The van der Waals surface area contributed by atoms with Gasteiger partial charge < -0.3 is 10.5 Å². The van der Waals surface area contributed by atoms with Crippen LogP contribution >= 0.6 is 31.9 Å². The van der Waals surface area contributed by atoms with Crippen LogP contribution < -0.4 is 10.5 Å². The Kier molecular flexibility index (Phi) is 4.59. The normalized spacial score (nSPS) is 10.0. The second-order valence-electron chi connectivity index (χ2n) is 2.57. The Morgan fingerprint density at radius 1 is 1.38 bits per heavy atom. The summed E-state index contributed by atoms with van der Waals surface area (Å²) in [5, 5.41) is 0.948. The zero-order valence-corrected chi connectivity index (χ0v) is 10.3. The van der Waals surface area contributed by atoms with Crippen LogP contribution in [0, 0.1) is 0 Å². The van der Waals surface area contributed by atoms with Crippen molar-refractivity contribution in [2.75, 3.05) is 17.7 Å². The Bertz CT molecular complexity index is 278. The number of benzene rings is 1. The summed E-state index contributed by atoms with van der Waals surface area (Å²) in [7, 11) is 0. The van der Waals surface area contributed by atoms with Gasteiger partial charge in [-0.2, -0.15) is 0 Å². The van der Waals surface area contributed by atoms with Crippen molar-refractivity contribution in [2.24, 2.45) is 0 Å². The van der Waals surface area contributed by atoms with Crippen LogP contribution in [0.1, 0.15) is 6.42 Å². The maximum atomic E-state index is 5.74. The number of nitrogens with two attached hydrogens (primary N) is 1. The summed E-state index contributed by atoms with van der Waals surface area (Å²) in [6.07, 6.45) is 0.982. The Balaban J connectivity index is 2.56. The van der Waals surface area contributed by atoms with Crippen molar-refractivity contribution in [2.45, 2.75) is 6.42 Å². The SMILES string of the molecule is Nc1cc(Br)ccc1OCCCBr. The van der Waals surface area contributed by atoms with E-state index in [4.69, 9.17) is 10.5 Å². The van der Waals surface area contributed by atoms with Crippen molar-refractivity contribution >= 4 is 37.5 Å². The Labute approximate surface area is 94.7 Å². The lowest BCUT2D eigenvalue weighted by molar-refractivity contribution is 0.321. The van der Waals surface area contributed by atoms with E-state index in [1.807, 2.05) is 18.2 Å². The highest BCUT2D eigenvalue weighted by Gasteiger charge is 1.99. The van der Waals surface area contributed by atoms with E-state index in [-0.39, 0.29) is 0 Å². The van der Waals surface area contributed by atoms with Gasteiger partial charge in [-0.3, -0.25) is 0 Å². The highest BCUT2D eigenvalue weighted by molar-refractivity contribution is 9.10. The fraction of sp³-hybridized carbons (Fsp3) is 0.333. The topological polar surface area (TPSA) is 35.2 Å². The van der Waals surface area contributed by atoms with Gasteiger partial charge in [0, 0.05) is 9.80 Å². The number of nitrogen functional groups attached to an aromatic ring is 1. The maximum absolute atomic E-state index is 5.74. The Hall–Kier alpha value is -0.220. The van der Waals surface area contributed by atoms with Gasteiger partial charge in [0.15, 0.2) is 0 Å². The lowest BCUT2D eigenvalue weighted by atomic mass is 10.3. The lowest BCUT2D eigenvalue weighted by Crippen LogP contribution is -2.00. The second kappa shape index (κ2) is 5.50. The molecule has 72 valence electrons. The monoisotopic (exact) mass is 307 g/mol. The number of anilines is 1. The van der Waals surface area contributed by atoms with Crippen LogP contribution in [0.3, 0.4) is 0 Å². The highest BCUT2D eigenvalue weighted by atomic mass is 79.9. The van der Waals surface area contributed by atoms with Crippen LogP contribution in [0.15, 0.2) is 22.7 Å². The average molecular weight is 309 g/mol. The van der Waals surface area contributed by atoms with Crippen LogP contribution in [0.25, 0.3) is 0 Å². The third kappa shape index (κ3) is 3.56. The molecular weight excluding hydrogens is 298 g/mol. The minimum absolute atomic E-state index is 0.670. The van der Waals surface area contributed by atoms with E-state index >= 15 is 0 Å². The number of ether oxygens (including phenoxy) is 1. The van der Waals surface area contributed by atoms with Crippen molar-refractivity contribution in [3.8, 4) is 5.75 Å². The summed E-state index contributed by atoms with van der Waals surface area (Å²) < 4.78 is 6.43. The molecule has 4 heteroatoms. The zero-order valence-electron chi connectivity index (χ0n) is 7.09. The van der Waals surface area contributed by atoms with Gasteiger partial charge in [0.1, 0.15) is 5.75 Å². The van der Waals surface area contributed by atoms with Gasteiger partial charge in [-0.15, -0.1) is 0 Å². The van der Waals surface area contributed by atoms with Crippen molar-refractivity contribution in [1.82, 2.24) is 0 Å². The fourth-order valence-corrected chi connectivity index (χ4v) is 1.50. The van der Waals surface area contributed by atoms with Crippen LogP contribution in [0.2, 0.25) is 0 Å². The molecule has 0 unspecified atom stereocenters. The molecular formula is C9H11Br2NO. The molecule has 0 saturated heterocycles. The van der Waals surface area contributed by atoms with Crippen LogP contribution in [0.5, 0.6) is 5.75 Å². The number of hydrogen-bond donors (Lipinski definition) is 1. The summed E-state index contributed by atoms with van der Waals surface area (Å²) in [5.74, 6) is 0.754. The largest absolute Gasteiger partial charge is 0.491 e. The molecule has 0 atom stereocenters. The molecule has 0 heterocycles. The van der Waals surface area contributed by atoms with Crippen LogP contribution in [-0.4, -0.2) is 11.9 Å². The lowest BCUT2D eigenvalue weighted by Gasteiger charge is -2.07. The predicted octanol–water partition coefficient (Wildman–Crippen LogP) is 3.20. The molecule has 0 fully saturated rings. The van der Waals surface area contributed by atoms with E-state index in [2.05, 4.69) is 31.9 Å². The van der Waals surface area contributed by atoms with Crippen LogP contribution in [-0.2, 0) is 0 Å². The predicted molar refractivity (Wildman–Crippen MR) is 62.5 cm³/mol. The molecule has 0 amide bonds. The van der Waals surface area contributed by atoms with Crippen molar-refractivity contribution in [3.05, 3.63) is 22.7 Å². The molecule has 0 saturated carbocycles. The number of rotatable bonds is 4. The van der Waals surface area contributed by atoms with Crippen LogP contribution in [0.4, 0.5) is 5.69 Å². The molecule has 2 nitrogen and oxygen atoms in total. The van der Waals surface area contributed by atoms with Gasteiger partial charge in [-0.05, 0) is 24.6 Å². The van der Waals surface area contributed by atoms with Crippen molar-refractivity contribution < 1.29 is 4.74 Å². The average Bonchev–Trinajstić information content (AvgIpc) is 2.09. The molecule has 13 heavy (non-hydrogen) atoms. The molecule has 0 spiro atoms. The fourth-order valence-electron chi connectivity index (χ4n) is 0.887. The van der Waals surface area contributed by atoms with E-state index in [1.54, 1.807) is 0 Å². The number of halogens is 2. The van der Waals surface area contributed by atoms with E-state index in [0.717, 1.165) is 22.0 Å². The zero-order chi connectivity index (χ0) is 9.68. The van der Waals surface area contributed by atoms with E-state index in [1.165, 1.54) is 0 Å². The summed E-state index contributed by atoms with van der Waals surface area (Å²) in [4.78, 5) is 0. The summed E-state index contributed by atoms with van der Waals surface area (Å²) in [5.41, 5.74) is 6.41. The van der Waals surface area contributed by atoms with Crippen molar-refractivity contribution in [1.29, 1.82) is 0 Å². The first-order chi connectivity index (χ1) is 6.24. The number of hydrogen-bond acceptors (Lipinski definition) is 2. The molecule has 0 aromatic heterocycles. The standard InChI is InChI=1S/C9H11Br2NO/c10-4-1-5-13-9-3-2-7(11)6-8(9)12/h2-3,6H,1,4-5,12H2. The van der Waals surface area contributed by atoms with Crippen molar-refractivity contribution in [3.63, 3.8) is 0 Å². The van der Waals surface area contributed by atoms with Gasteiger partial charge in [-0.25, -0.2) is 0 Å². The Morgan fingerprint density at radius 3 is 2.77 bits per heavy atom. The first-order valence-corrected chi connectivity index (χ1v) is 5.89. The molecule has 0 radical (unpaired) electrons. The molecule has 2 N–H and O–H groups in total. The van der Waals surface area contributed by atoms with Gasteiger partial charge in [0.2, 0.25) is 0 Å². The summed E-state index contributed by atoms with van der Waals surface area (Å²) in [6, 6.07) is 5.62. The molecule has 1 aromatic carbocycles. The van der Waals surface area contributed by atoms with E-state index < -0.39 is 0 Å². The molecule has 0 aliphatic rings. The summed E-state index contributed by atoms with van der Waals surface area (Å²) >= 11 is 6.67. The minimum Gasteiger partial charge on any atom is -0.491 e. The van der Waals surface area contributed by atoms with Gasteiger partial charge in [0.05, 0.1) is 12.3 Å². The molecule has 0 aliphatic carbocycles. The third-order valence-corrected chi connectivity index (χ3v) is 2.56. The third-order valence-electron chi connectivity index (χ3n) is 1.51. The summed E-state index contributed by atoms with van der Waals surface area (Å²) in [6.45, 7) is 0.692. The maximum Gasteiger partial charge on any atom is 0.142 e. The van der Waals surface area contributed by atoms with E-state index in [9.17, 15) is 0 Å². The number of alkyl halides is 1. The van der Waals surface area contributed by atoms with Gasteiger partial charge in [0.25, 0.3) is 0 Å². The Morgan fingerprint density at radius 2 is 2.15 bits per heavy atom. The smallest absolute Gasteiger partial charge is 0.142 e. The highest BCUT2D eigenvalue weighted by Crippen LogP contribution is 2.25. The molecule has 1 aromatic rings. The van der Waals surface area contributed by atoms with Gasteiger partial charge >= 0.3 is 0 Å². The molecule has 0 aliphatic heterocycles. The molecule has 0 bridgehead atoms. The first kappa shape index (κ1) is 10.9. The van der Waals surface area contributed by atoms with Gasteiger partial charge in [-0.1, -0.05) is 31.9 Å².